The van der Waals surface area contributed by atoms with Crippen molar-refractivity contribution in [1.82, 2.24) is 0 Å². The number of hydrogen-bond donors (Lipinski definition) is 1. The number of alkyl halides is 3. The highest BCUT2D eigenvalue weighted by molar-refractivity contribution is 5.45. The Hall–Kier alpha value is -2.01. The first-order chi connectivity index (χ1) is 9.96. The third-order valence-electron chi connectivity index (χ3n) is 3.83. The Morgan fingerprint density at radius 2 is 1.71 bits per heavy atom. The number of ether oxygens (including phenoxy) is 1. The molecule has 0 saturated heterocycles. The zero-order chi connectivity index (χ0) is 15.0. The third-order valence-corrected chi connectivity index (χ3v) is 3.83. The number of para-hydroxylation sites is 1. The molecule has 2 aromatic carbocycles. The number of benzene rings is 2. The molecule has 110 valence electrons. The van der Waals surface area contributed by atoms with E-state index in [1.54, 1.807) is 12.1 Å². The van der Waals surface area contributed by atoms with Crippen molar-refractivity contribution in [2.24, 2.45) is 5.73 Å². The number of nitrogens with two attached hydrogens (primary N) is 1. The third kappa shape index (κ3) is 2.74. The van der Waals surface area contributed by atoms with Crippen molar-refractivity contribution in [1.29, 1.82) is 0 Å². The van der Waals surface area contributed by atoms with Gasteiger partial charge in [0.25, 0.3) is 0 Å². The number of fused-ring (bicyclic) bond motifs is 1. The maximum absolute atomic E-state index is 12.5. The van der Waals surface area contributed by atoms with Crippen LogP contribution in [0, 0.1) is 0 Å². The Morgan fingerprint density at radius 1 is 1.05 bits per heavy atom. The summed E-state index contributed by atoms with van der Waals surface area (Å²) in [5.41, 5.74) is 8.88. The Morgan fingerprint density at radius 3 is 2.43 bits per heavy atom. The molecule has 0 bridgehead atoms. The first-order valence-corrected chi connectivity index (χ1v) is 6.64. The fourth-order valence-corrected chi connectivity index (χ4v) is 2.81. The molecule has 1 aliphatic rings. The second kappa shape index (κ2) is 5.07. The zero-order valence-electron chi connectivity index (χ0n) is 11.1. The fraction of sp³-hybridized carbons (Fsp3) is 0.250. The summed E-state index contributed by atoms with van der Waals surface area (Å²) >= 11 is 0. The molecule has 0 saturated carbocycles. The number of halogens is 3. The second-order valence-corrected chi connectivity index (χ2v) is 5.12. The van der Waals surface area contributed by atoms with Gasteiger partial charge in [-0.3, -0.25) is 0 Å². The van der Waals surface area contributed by atoms with Gasteiger partial charge in [0.2, 0.25) is 0 Å². The Balaban J connectivity index is 1.88. The van der Waals surface area contributed by atoms with Crippen molar-refractivity contribution in [2.45, 2.75) is 24.7 Å². The molecule has 0 amide bonds. The van der Waals surface area contributed by atoms with Crippen LogP contribution < -0.4 is 10.5 Å². The molecule has 2 nitrogen and oxygen atoms in total. The smallest absolute Gasteiger partial charge is 0.405 e. The predicted octanol–water partition coefficient (Wildman–Crippen LogP) is 3.92. The van der Waals surface area contributed by atoms with Crippen LogP contribution in [0.1, 0.15) is 28.7 Å². The van der Waals surface area contributed by atoms with Crippen molar-refractivity contribution in [3.8, 4) is 5.75 Å². The molecule has 0 aromatic heterocycles. The average molecular weight is 293 g/mol. The normalized spacial score (nSPS) is 18.6. The van der Waals surface area contributed by atoms with Crippen molar-refractivity contribution < 1.29 is 17.9 Å². The molecule has 0 radical (unpaired) electrons. The van der Waals surface area contributed by atoms with Gasteiger partial charge in [0.05, 0.1) is 0 Å². The fourth-order valence-electron chi connectivity index (χ4n) is 2.81. The highest BCUT2D eigenvalue weighted by Crippen LogP contribution is 2.44. The lowest BCUT2D eigenvalue weighted by Crippen LogP contribution is -2.30. The van der Waals surface area contributed by atoms with Gasteiger partial charge in [-0.15, -0.1) is 13.2 Å². The summed E-state index contributed by atoms with van der Waals surface area (Å²) in [5.74, 6) is -0.193. The van der Waals surface area contributed by atoms with Gasteiger partial charge in [-0.05, 0) is 23.6 Å². The molecule has 3 rings (SSSR count). The summed E-state index contributed by atoms with van der Waals surface area (Å²) in [7, 11) is 0. The van der Waals surface area contributed by atoms with E-state index in [1.165, 1.54) is 17.7 Å². The van der Waals surface area contributed by atoms with Gasteiger partial charge in [-0.1, -0.05) is 42.5 Å². The minimum atomic E-state index is -4.71. The van der Waals surface area contributed by atoms with Gasteiger partial charge < -0.3 is 10.5 Å². The summed E-state index contributed by atoms with van der Waals surface area (Å²) in [6, 6.07) is 13.4. The Kier molecular flexibility index (Phi) is 3.37. The molecule has 0 fully saturated rings. The molecule has 0 spiro atoms. The average Bonchev–Trinajstić information content (AvgIpc) is 2.39. The van der Waals surface area contributed by atoms with Gasteiger partial charge in [-0.2, -0.15) is 0 Å². The van der Waals surface area contributed by atoms with Gasteiger partial charge >= 0.3 is 6.36 Å². The van der Waals surface area contributed by atoms with Crippen LogP contribution >= 0.6 is 0 Å². The lowest BCUT2D eigenvalue weighted by Gasteiger charge is -2.35. The summed E-state index contributed by atoms with van der Waals surface area (Å²) < 4.78 is 41.5. The largest absolute Gasteiger partial charge is 0.573 e. The molecule has 0 aliphatic heterocycles. The topological polar surface area (TPSA) is 35.2 Å². The van der Waals surface area contributed by atoms with E-state index < -0.39 is 12.4 Å². The minimum absolute atomic E-state index is 0.0270. The summed E-state index contributed by atoms with van der Waals surface area (Å²) in [6.45, 7) is 0. The molecule has 2 atom stereocenters. The van der Waals surface area contributed by atoms with Crippen LogP contribution in [0.4, 0.5) is 13.2 Å². The Labute approximate surface area is 120 Å². The van der Waals surface area contributed by atoms with E-state index in [0.29, 0.717) is 5.56 Å². The van der Waals surface area contributed by atoms with Gasteiger partial charge in [-0.25, -0.2) is 0 Å². The van der Waals surface area contributed by atoms with Crippen molar-refractivity contribution >= 4 is 0 Å². The van der Waals surface area contributed by atoms with Crippen molar-refractivity contribution in [3.63, 3.8) is 0 Å². The highest BCUT2D eigenvalue weighted by atomic mass is 19.4. The van der Waals surface area contributed by atoms with Gasteiger partial charge in [0, 0.05) is 17.5 Å². The van der Waals surface area contributed by atoms with Crippen molar-refractivity contribution in [2.75, 3.05) is 0 Å². The summed E-state index contributed by atoms with van der Waals surface area (Å²) in [4.78, 5) is 0. The molecule has 5 heteroatoms. The molecular formula is C16H14F3NO. The van der Waals surface area contributed by atoms with Crippen LogP contribution in [0.5, 0.6) is 5.75 Å². The van der Waals surface area contributed by atoms with Gasteiger partial charge in [0.1, 0.15) is 5.75 Å². The van der Waals surface area contributed by atoms with Crippen molar-refractivity contribution in [3.05, 3.63) is 65.2 Å². The molecular weight excluding hydrogens is 279 g/mol. The predicted molar refractivity (Wildman–Crippen MR) is 72.9 cm³/mol. The molecule has 2 aromatic rings. The standard InChI is InChI=1S/C16H14F3NO/c17-16(18,19)21-14-8-4-3-7-12(14)15(20)13-9-10-5-1-2-6-11(10)13/h1-8,13,15H,9,20H2. The van der Waals surface area contributed by atoms with E-state index in [0.717, 1.165) is 12.0 Å². The SMILES string of the molecule is NC(c1ccccc1OC(F)(F)F)C1Cc2ccccc21. The number of hydrogen-bond acceptors (Lipinski definition) is 2. The van der Waals surface area contributed by atoms with E-state index in [9.17, 15) is 13.2 Å². The maximum Gasteiger partial charge on any atom is 0.573 e. The molecule has 0 heterocycles. The summed E-state index contributed by atoms with van der Waals surface area (Å²) in [5, 5.41) is 0. The first kappa shape index (κ1) is 13.9. The first-order valence-electron chi connectivity index (χ1n) is 6.64. The maximum atomic E-state index is 12.5. The van der Waals surface area contributed by atoms with Crippen LogP contribution in [-0.2, 0) is 6.42 Å². The molecule has 1 aliphatic carbocycles. The van der Waals surface area contributed by atoms with E-state index >= 15 is 0 Å². The van der Waals surface area contributed by atoms with Crippen LogP contribution in [0.3, 0.4) is 0 Å². The van der Waals surface area contributed by atoms with Crippen LogP contribution in [-0.4, -0.2) is 6.36 Å². The minimum Gasteiger partial charge on any atom is -0.405 e. The second-order valence-electron chi connectivity index (χ2n) is 5.12. The lowest BCUT2D eigenvalue weighted by molar-refractivity contribution is -0.275. The summed E-state index contributed by atoms with van der Waals surface area (Å²) in [6.07, 6.45) is -3.94. The number of rotatable bonds is 3. The van der Waals surface area contributed by atoms with E-state index in [-0.39, 0.29) is 11.7 Å². The quantitative estimate of drug-likeness (QED) is 0.930. The van der Waals surface area contributed by atoms with Crippen LogP contribution in [0.15, 0.2) is 48.5 Å². The molecule has 2 unspecified atom stereocenters. The van der Waals surface area contributed by atoms with Gasteiger partial charge in [0.15, 0.2) is 0 Å². The van der Waals surface area contributed by atoms with E-state index in [1.807, 2.05) is 24.3 Å². The monoisotopic (exact) mass is 293 g/mol. The molecule has 21 heavy (non-hydrogen) atoms. The van der Waals surface area contributed by atoms with Crippen LogP contribution in [0.2, 0.25) is 0 Å². The van der Waals surface area contributed by atoms with Crippen LogP contribution in [0.25, 0.3) is 0 Å². The Bertz CT molecular complexity index is 654. The zero-order valence-corrected chi connectivity index (χ0v) is 11.1. The highest BCUT2D eigenvalue weighted by Gasteiger charge is 2.36. The lowest BCUT2D eigenvalue weighted by atomic mass is 9.72. The molecule has 2 N–H and O–H groups in total. The van der Waals surface area contributed by atoms with E-state index in [2.05, 4.69) is 4.74 Å². The van der Waals surface area contributed by atoms with E-state index in [4.69, 9.17) is 5.73 Å².